The van der Waals surface area contributed by atoms with E-state index in [1.807, 2.05) is 41.3 Å². The summed E-state index contributed by atoms with van der Waals surface area (Å²) in [5, 5.41) is 2.55. The normalized spacial score (nSPS) is 14.4. The Kier molecular flexibility index (Phi) is 7.11. The molecule has 1 aliphatic rings. The number of aryl methyl sites for hydroxylation is 1. The van der Waals surface area contributed by atoms with Crippen LogP contribution in [0.4, 0.5) is 4.79 Å². The van der Waals surface area contributed by atoms with E-state index < -0.39 is 6.03 Å². The minimum atomic E-state index is -0.556. The van der Waals surface area contributed by atoms with Crippen molar-refractivity contribution in [2.75, 3.05) is 20.2 Å². The lowest BCUT2D eigenvalue weighted by Crippen LogP contribution is -2.38. The van der Waals surface area contributed by atoms with Gasteiger partial charge in [0.15, 0.2) is 0 Å². The molecule has 1 heterocycles. The third kappa shape index (κ3) is 5.98. The van der Waals surface area contributed by atoms with Gasteiger partial charge in [-0.25, -0.2) is 4.79 Å². The molecule has 3 N–H and O–H groups in total. The van der Waals surface area contributed by atoms with Gasteiger partial charge in [0.05, 0.1) is 7.11 Å². The molecule has 3 amide bonds. The number of urea groups is 1. The highest BCUT2D eigenvalue weighted by Gasteiger charge is 2.23. The minimum Gasteiger partial charge on any atom is -0.497 e. The van der Waals surface area contributed by atoms with Crippen LogP contribution >= 0.6 is 0 Å². The number of likely N-dealkylation sites (tertiary alicyclic amines) is 1. The van der Waals surface area contributed by atoms with Gasteiger partial charge < -0.3 is 20.7 Å². The summed E-state index contributed by atoms with van der Waals surface area (Å²) in [6.45, 7) is 1.97. The lowest BCUT2D eigenvalue weighted by Gasteiger charge is -2.32. The van der Waals surface area contributed by atoms with Crippen molar-refractivity contribution in [3.8, 4) is 5.75 Å². The minimum absolute atomic E-state index is 0.0769. The van der Waals surface area contributed by atoms with Gasteiger partial charge in [-0.3, -0.25) is 4.79 Å². The molecule has 1 saturated heterocycles. The van der Waals surface area contributed by atoms with Crippen LogP contribution in [0.3, 0.4) is 0 Å². The number of carbonyl (C=O) groups excluding carboxylic acids is 2. The molecule has 1 fully saturated rings. The van der Waals surface area contributed by atoms with Crippen LogP contribution in [0, 0.1) is 5.92 Å². The van der Waals surface area contributed by atoms with Gasteiger partial charge in [-0.1, -0.05) is 24.3 Å². The number of nitrogens with two attached hydrogens (primary N) is 1. The van der Waals surface area contributed by atoms with Crippen molar-refractivity contribution in [2.24, 2.45) is 11.7 Å². The monoisotopic (exact) mass is 395 g/mol. The Morgan fingerprint density at radius 2 is 1.66 bits per heavy atom. The van der Waals surface area contributed by atoms with Gasteiger partial charge in [-0.15, -0.1) is 0 Å². The van der Waals surface area contributed by atoms with Crippen LogP contribution in [0.2, 0.25) is 0 Å². The second-order valence-electron chi connectivity index (χ2n) is 7.54. The highest BCUT2D eigenvalue weighted by Crippen LogP contribution is 2.24. The number of nitrogens with one attached hydrogen (secondary N) is 1. The highest BCUT2D eigenvalue weighted by atomic mass is 16.5. The molecule has 6 heteroatoms. The number of piperidine rings is 1. The van der Waals surface area contributed by atoms with E-state index in [4.69, 9.17) is 10.5 Å². The molecular formula is C23H29N3O3. The number of rotatable bonds is 7. The molecule has 154 valence electrons. The average Bonchev–Trinajstić information content (AvgIpc) is 2.77. The molecule has 1 aliphatic heterocycles. The number of benzene rings is 2. The van der Waals surface area contributed by atoms with Gasteiger partial charge in [-0.2, -0.15) is 0 Å². The fourth-order valence-electron chi connectivity index (χ4n) is 3.72. The Morgan fingerprint density at radius 1 is 1.03 bits per heavy atom. The summed E-state index contributed by atoms with van der Waals surface area (Å²) < 4.78 is 5.20. The standard InChI is InChI=1S/C23H29N3O3/c1-29-21-10-6-17(7-11-21)2-3-18-12-14-26(15-13-18)22(27)20-8-4-19(5-9-20)16-25-23(24)28/h4-11,18H,2-3,12-16H2,1H3,(H3,24,25,28). The summed E-state index contributed by atoms with van der Waals surface area (Å²) in [6.07, 6.45) is 4.30. The van der Waals surface area contributed by atoms with Gasteiger partial charge >= 0.3 is 6.03 Å². The van der Waals surface area contributed by atoms with E-state index in [1.165, 1.54) is 5.56 Å². The Morgan fingerprint density at radius 3 is 2.24 bits per heavy atom. The van der Waals surface area contributed by atoms with Gasteiger partial charge in [0.1, 0.15) is 5.75 Å². The maximum absolute atomic E-state index is 12.7. The summed E-state index contributed by atoms with van der Waals surface area (Å²) in [5.74, 6) is 1.62. The number of ether oxygens (including phenoxy) is 1. The molecular weight excluding hydrogens is 366 g/mol. The fraction of sp³-hybridized carbons (Fsp3) is 0.391. The van der Waals surface area contributed by atoms with Crippen LogP contribution < -0.4 is 15.8 Å². The zero-order valence-corrected chi connectivity index (χ0v) is 16.9. The second-order valence-corrected chi connectivity index (χ2v) is 7.54. The lowest BCUT2D eigenvalue weighted by atomic mass is 9.90. The smallest absolute Gasteiger partial charge is 0.312 e. The third-order valence-electron chi connectivity index (χ3n) is 5.57. The average molecular weight is 396 g/mol. The Bertz CT molecular complexity index is 810. The number of amides is 3. The SMILES string of the molecule is COc1ccc(CCC2CCN(C(=O)c3ccc(CNC(N)=O)cc3)CC2)cc1. The number of carbonyl (C=O) groups is 2. The first kappa shape index (κ1) is 20.7. The number of hydrogen-bond acceptors (Lipinski definition) is 3. The van der Waals surface area contributed by atoms with E-state index in [9.17, 15) is 9.59 Å². The van der Waals surface area contributed by atoms with Gasteiger partial charge in [0.25, 0.3) is 5.91 Å². The molecule has 0 aromatic heterocycles. The van der Waals surface area contributed by atoms with Crippen molar-refractivity contribution >= 4 is 11.9 Å². The molecule has 2 aromatic carbocycles. The maximum Gasteiger partial charge on any atom is 0.312 e. The van der Waals surface area contributed by atoms with Crippen LogP contribution in [-0.4, -0.2) is 37.0 Å². The predicted octanol–water partition coefficient (Wildman–Crippen LogP) is 3.35. The van der Waals surface area contributed by atoms with Crippen LogP contribution in [0.25, 0.3) is 0 Å². The molecule has 0 bridgehead atoms. The van der Waals surface area contributed by atoms with Crippen molar-refractivity contribution in [1.29, 1.82) is 0 Å². The van der Waals surface area contributed by atoms with E-state index in [0.29, 0.717) is 18.0 Å². The summed E-state index contributed by atoms with van der Waals surface area (Å²) in [7, 11) is 1.68. The molecule has 3 rings (SSSR count). The van der Waals surface area contributed by atoms with Gasteiger partial charge in [-0.05, 0) is 67.0 Å². The van der Waals surface area contributed by atoms with Crippen LogP contribution in [-0.2, 0) is 13.0 Å². The first-order valence-corrected chi connectivity index (χ1v) is 10.1. The maximum atomic E-state index is 12.7. The van der Waals surface area contributed by atoms with Crippen LogP contribution in [0.1, 0.15) is 40.7 Å². The Hall–Kier alpha value is -3.02. The quantitative estimate of drug-likeness (QED) is 0.754. The molecule has 6 nitrogen and oxygen atoms in total. The lowest BCUT2D eigenvalue weighted by molar-refractivity contribution is 0.0687. The van der Waals surface area contributed by atoms with E-state index in [-0.39, 0.29) is 5.91 Å². The number of primary amides is 1. The summed E-state index contributed by atoms with van der Waals surface area (Å²) in [6, 6.07) is 15.0. The van der Waals surface area contributed by atoms with Crippen molar-refractivity contribution in [1.82, 2.24) is 10.2 Å². The van der Waals surface area contributed by atoms with Crippen molar-refractivity contribution in [2.45, 2.75) is 32.2 Å². The number of hydrogen-bond donors (Lipinski definition) is 2. The van der Waals surface area contributed by atoms with E-state index in [2.05, 4.69) is 17.4 Å². The molecule has 0 unspecified atom stereocenters. The summed E-state index contributed by atoms with van der Waals surface area (Å²) in [4.78, 5) is 25.5. The van der Waals surface area contributed by atoms with Crippen molar-refractivity contribution < 1.29 is 14.3 Å². The number of methoxy groups -OCH3 is 1. The molecule has 2 aromatic rings. The largest absolute Gasteiger partial charge is 0.497 e. The molecule has 0 saturated carbocycles. The Balaban J connectivity index is 1.44. The Labute approximate surface area is 172 Å². The summed E-state index contributed by atoms with van der Waals surface area (Å²) >= 11 is 0. The van der Waals surface area contributed by atoms with E-state index >= 15 is 0 Å². The van der Waals surface area contributed by atoms with Crippen LogP contribution in [0.5, 0.6) is 5.75 Å². The van der Waals surface area contributed by atoms with Crippen molar-refractivity contribution in [3.63, 3.8) is 0 Å². The second kappa shape index (κ2) is 9.96. The van der Waals surface area contributed by atoms with Gasteiger partial charge in [0, 0.05) is 25.2 Å². The summed E-state index contributed by atoms with van der Waals surface area (Å²) in [5.41, 5.74) is 8.01. The predicted molar refractivity (Wildman–Crippen MR) is 113 cm³/mol. The number of nitrogens with zero attached hydrogens (tertiary/aromatic N) is 1. The van der Waals surface area contributed by atoms with E-state index in [0.717, 1.165) is 50.1 Å². The van der Waals surface area contributed by atoms with Crippen LogP contribution in [0.15, 0.2) is 48.5 Å². The molecule has 0 aliphatic carbocycles. The zero-order chi connectivity index (χ0) is 20.6. The molecule has 0 radical (unpaired) electrons. The van der Waals surface area contributed by atoms with E-state index in [1.54, 1.807) is 7.11 Å². The third-order valence-corrected chi connectivity index (χ3v) is 5.57. The first-order valence-electron chi connectivity index (χ1n) is 10.1. The van der Waals surface area contributed by atoms with Crippen molar-refractivity contribution in [3.05, 3.63) is 65.2 Å². The fourth-order valence-corrected chi connectivity index (χ4v) is 3.72. The highest BCUT2D eigenvalue weighted by molar-refractivity contribution is 5.94. The topological polar surface area (TPSA) is 84.7 Å². The molecule has 0 atom stereocenters. The first-order chi connectivity index (χ1) is 14.0. The zero-order valence-electron chi connectivity index (χ0n) is 16.9. The van der Waals surface area contributed by atoms with Gasteiger partial charge in [0.2, 0.25) is 0 Å². The molecule has 0 spiro atoms. The molecule has 29 heavy (non-hydrogen) atoms.